The van der Waals surface area contributed by atoms with Gasteiger partial charge >= 0.3 is 0 Å². The fourth-order valence-electron chi connectivity index (χ4n) is 1.80. The molecule has 110 valence electrons. The third kappa shape index (κ3) is 7.15. The molecule has 0 spiro atoms. The van der Waals surface area contributed by atoms with Crippen LogP contribution in [0.1, 0.15) is 46.0 Å². The van der Waals surface area contributed by atoms with E-state index in [4.69, 9.17) is 0 Å². The topological polar surface area (TPSA) is 70.2 Å². The molecule has 1 atom stereocenters. The predicted octanol–water partition coefficient (Wildman–Crippen LogP) is 0.797. The standard InChI is InChI=1S/C14H27N3O2/c1-3-4-5-8-16-13(18)11(2)15-9-10-17-14(19)12-6-7-12/h11-12,15H,3-10H2,1-2H3,(H,16,18)(H,17,19). The summed E-state index contributed by atoms with van der Waals surface area (Å²) in [5, 5.41) is 8.88. The summed E-state index contributed by atoms with van der Waals surface area (Å²) in [6, 6.07) is -0.209. The fourth-order valence-corrected chi connectivity index (χ4v) is 1.80. The summed E-state index contributed by atoms with van der Waals surface area (Å²) in [6.45, 7) is 5.95. The molecule has 0 aromatic heterocycles. The Labute approximate surface area is 115 Å². The van der Waals surface area contributed by atoms with Gasteiger partial charge in [-0.3, -0.25) is 9.59 Å². The van der Waals surface area contributed by atoms with Crippen molar-refractivity contribution in [3.8, 4) is 0 Å². The molecule has 1 aliphatic carbocycles. The number of hydrogen-bond acceptors (Lipinski definition) is 3. The van der Waals surface area contributed by atoms with Gasteiger partial charge in [0.25, 0.3) is 0 Å². The van der Waals surface area contributed by atoms with Gasteiger partial charge in [-0.2, -0.15) is 0 Å². The summed E-state index contributed by atoms with van der Waals surface area (Å²) in [6.07, 6.45) is 5.39. The molecule has 1 aliphatic rings. The lowest BCUT2D eigenvalue weighted by molar-refractivity contribution is -0.122. The quantitative estimate of drug-likeness (QED) is 0.514. The lowest BCUT2D eigenvalue weighted by Gasteiger charge is -2.14. The monoisotopic (exact) mass is 269 g/mol. The Morgan fingerprint density at radius 2 is 1.84 bits per heavy atom. The van der Waals surface area contributed by atoms with Crippen LogP contribution in [0, 0.1) is 5.92 Å². The predicted molar refractivity (Wildman–Crippen MR) is 75.7 cm³/mol. The molecule has 0 aromatic rings. The zero-order valence-electron chi connectivity index (χ0n) is 12.1. The molecular weight excluding hydrogens is 242 g/mol. The van der Waals surface area contributed by atoms with Crippen LogP contribution in [-0.4, -0.2) is 37.5 Å². The highest BCUT2D eigenvalue weighted by Crippen LogP contribution is 2.28. The number of unbranched alkanes of at least 4 members (excludes halogenated alkanes) is 2. The molecule has 5 nitrogen and oxygen atoms in total. The van der Waals surface area contributed by atoms with E-state index in [1.165, 1.54) is 0 Å². The van der Waals surface area contributed by atoms with E-state index in [1.807, 2.05) is 6.92 Å². The van der Waals surface area contributed by atoms with Crippen molar-refractivity contribution in [2.75, 3.05) is 19.6 Å². The summed E-state index contributed by atoms with van der Waals surface area (Å²) in [4.78, 5) is 23.1. The summed E-state index contributed by atoms with van der Waals surface area (Å²) >= 11 is 0. The van der Waals surface area contributed by atoms with Crippen molar-refractivity contribution in [2.24, 2.45) is 5.92 Å². The first kappa shape index (κ1) is 16.0. The SMILES string of the molecule is CCCCCNC(=O)C(C)NCCNC(=O)C1CC1. The summed E-state index contributed by atoms with van der Waals surface area (Å²) in [5.74, 6) is 0.433. The minimum Gasteiger partial charge on any atom is -0.355 e. The molecule has 1 rings (SSSR count). The van der Waals surface area contributed by atoms with Crippen molar-refractivity contribution >= 4 is 11.8 Å². The molecule has 1 unspecified atom stereocenters. The van der Waals surface area contributed by atoms with Crippen molar-refractivity contribution in [3.63, 3.8) is 0 Å². The molecule has 19 heavy (non-hydrogen) atoms. The zero-order valence-corrected chi connectivity index (χ0v) is 12.1. The van der Waals surface area contributed by atoms with Crippen LogP contribution in [0.4, 0.5) is 0 Å². The van der Waals surface area contributed by atoms with Crippen molar-refractivity contribution in [2.45, 2.75) is 52.0 Å². The van der Waals surface area contributed by atoms with Crippen LogP contribution in [0.3, 0.4) is 0 Å². The molecular formula is C14H27N3O2. The highest BCUT2D eigenvalue weighted by Gasteiger charge is 2.28. The van der Waals surface area contributed by atoms with E-state index in [0.717, 1.165) is 38.6 Å². The van der Waals surface area contributed by atoms with Gasteiger partial charge in [0.1, 0.15) is 0 Å². The van der Waals surface area contributed by atoms with E-state index in [1.54, 1.807) is 0 Å². The van der Waals surface area contributed by atoms with E-state index in [-0.39, 0.29) is 23.8 Å². The van der Waals surface area contributed by atoms with Gasteiger partial charge in [-0.25, -0.2) is 0 Å². The average Bonchev–Trinajstić information content (AvgIpc) is 3.23. The minimum absolute atomic E-state index is 0.0321. The van der Waals surface area contributed by atoms with Gasteiger partial charge in [-0.15, -0.1) is 0 Å². The highest BCUT2D eigenvalue weighted by molar-refractivity contribution is 5.81. The van der Waals surface area contributed by atoms with Gasteiger partial charge in [0.2, 0.25) is 11.8 Å². The lowest BCUT2D eigenvalue weighted by Crippen LogP contribution is -2.45. The number of carbonyl (C=O) groups is 2. The van der Waals surface area contributed by atoms with Gasteiger partial charge in [-0.1, -0.05) is 19.8 Å². The van der Waals surface area contributed by atoms with Crippen LogP contribution in [0.25, 0.3) is 0 Å². The molecule has 0 aromatic carbocycles. The summed E-state index contributed by atoms with van der Waals surface area (Å²) in [7, 11) is 0. The highest BCUT2D eigenvalue weighted by atomic mass is 16.2. The smallest absolute Gasteiger partial charge is 0.236 e. The normalized spacial score (nSPS) is 15.9. The number of amides is 2. The third-order valence-electron chi connectivity index (χ3n) is 3.30. The maximum Gasteiger partial charge on any atom is 0.236 e. The second kappa shape index (κ2) is 8.91. The molecule has 2 amide bonds. The van der Waals surface area contributed by atoms with E-state index in [9.17, 15) is 9.59 Å². The van der Waals surface area contributed by atoms with Crippen LogP contribution in [0.5, 0.6) is 0 Å². The Kier molecular flexibility index (Phi) is 7.48. The van der Waals surface area contributed by atoms with Gasteiger partial charge in [-0.05, 0) is 26.2 Å². The molecule has 1 fully saturated rings. The Morgan fingerprint density at radius 3 is 2.47 bits per heavy atom. The maximum atomic E-state index is 11.7. The Hall–Kier alpha value is -1.10. The number of hydrogen-bond donors (Lipinski definition) is 3. The molecule has 0 heterocycles. The first-order chi connectivity index (χ1) is 9.15. The van der Waals surface area contributed by atoms with Crippen LogP contribution >= 0.6 is 0 Å². The lowest BCUT2D eigenvalue weighted by atomic mass is 10.2. The van der Waals surface area contributed by atoms with E-state index in [2.05, 4.69) is 22.9 Å². The molecule has 1 saturated carbocycles. The average molecular weight is 269 g/mol. The number of carbonyl (C=O) groups excluding carboxylic acids is 2. The Bertz CT molecular complexity index is 290. The summed E-state index contributed by atoms with van der Waals surface area (Å²) in [5.41, 5.74) is 0. The molecule has 0 aliphatic heterocycles. The summed E-state index contributed by atoms with van der Waals surface area (Å²) < 4.78 is 0. The van der Waals surface area contributed by atoms with Gasteiger partial charge in [0.05, 0.1) is 6.04 Å². The minimum atomic E-state index is -0.209. The Balaban J connectivity index is 1.97. The second-order valence-corrected chi connectivity index (χ2v) is 5.24. The molecule has 0 saturated heterocycles. The van der Waals surface area contributed by atoms with Crippen molar-refractivity contribution in [1.82, 2.24) is 16.0 Å². The van der Waals surface area contributed by atoms with Crippen LogP contribution in [-0.2, 0) is 9.59 Å². The Morgan fingerprint density at radius 1 is 1.11 bits per heavy atom. The zero-order chi connectivity index (χ0) is 14.1. The van der Waals surface area contributed by atoms with Crippen LogP contribution in [0.2, 0.25) is 0 Å². The van der Waals surface area contributed by atoms with Crippen molar-refractivity contribution in [3.05, 3.63) is 0 Å². The third-order valence-corrected chi connectivity index (χ3v) is 3.30. The first-order valence-electron chi connectivity index (χ1n) is 7.44. The van der Waals surface area contributed by atoms with Crippen molar-refractivity contribution in [1.29, 1.82) is 0 Å². The molecule has 5 heteroatoms. The van der Waals surface area contributed by atoms with E-state index < -0.39 is 0 Å². The first-order valence-corrected chi connectivity index (χ1v) is 7.44. The van der Waals surface area contributed by atoms with Gasteiger partial charge < -0.3 is 16.0 Å². The van der Waals surface area contributed by atoms with Crippen LogP contribution < -0.4 is 16.0 Å². The van der Waals surface area contributed by atoms with E-state index in [0.29, 0.717) is 13.1 Å². The number of nitrogens with one attached hydrogen (secondary N) is 3. The second-order valence-electron chi connectivity index (χ2n) is 5.24. The molecule has 3 N–H and O–H groups in total. The molecule has 0 radical (unpaired) electrons. The molecule has 0 bridgehead atoms. The fraction of sp³-hybridized carbons (Fsp3) is 0.857. The number of rotatable bonds is 10. The van der Waals surface area contributed by atoms with Gasteiger partial charge in [0, 0.05) is 25.6 Å². The van der Waals surface area contributed by atoms with Crippen LogP contribution in [0.15, 0.2) is 0 Å². The maximum absolute atomic E-state index is 11.7. The van der Waals surface area contributed by atoms with Crippen molar-refractivity contribution < 1.29 is 9.59 Å². The van der Waals surface area contributed by atoms with E-state index >= 15 is 0 Å². The largest absolute Gasteiger partial charge is 0.355 e. The van der Waals surface area contributed by atoms with Gasteiger partial charge in [0.15, 0.2) is 0 Å².